The summed E-state index contributed by atoms with van der Waals surface area (Å²) >= 11 is 0. The monoisotopic (exact) mass is 238 g/mol. The van der Waals surface area contributed by atoms with Crippen molar-refractivity contribution >= 4 is 5.78 Å². The molecule has 0 aliphatic heterocycles. The highest BCUT2D eigenvalue weighted by atomic mass is 16.1. The highest BCUT2D eigenvalue weighted by Crippen LogP contribution is 2.23. The molecule has 2 aromatic rings. The fourth-order valence-corrected chi connectivity index (χ4v) is 2.18. The topological polar surface area (TPSA) is 17.1 Å². The first kappa shape index (κ1) is 12.6. The Bertz CT molecular complexity index is 567. The molecule has 0 fully saturated rings. The van der Waals surface area contributed by atoms with Gasteiger partial charge in [0.2, 0.25) is 0 Å². The molecule has 0 radical (unpaired) electrons. The van der Waals surface area contributed by atoms with Crippen LogP contribution < -0.4 is 0 Å². The zero-order chi connectivity index (χ0) is 13.1. The molecule has 0 spiro atoms. The van der Waals surface area contributed by atoms with Crippen molar-refractivity contribution in [1.29, 1.82) is 0 Å². The molecule has 18 heavy (non-hydrogen) atoms. The number of carbonyl (C=O) groups excluding carboxylic acids is 1. The lowest BCUT2D eigenvalue weighted by atomic mass is 9.91. The van der Waals surface area contributed by atoms with Crippen LogP contribution in [0.25, 0.3) is 0 Å². The van der Waals surface area contributed by atoms with Gasteiger partial charge in [0, 0.05) is 11.1 Å². The molecule has 2 aromatic carbocycles. The minimum atomic E-state index is 0.123. The summed E-state index contributed by atoms with van der Waals surface area (Å²) in [5.41, 5.74) is 3.76. The highest BCUT2D eigenvalue weighted by molar-refractivity contribution is 6.10. The maximum absolute atomic E-state index is 12.6. The lowest BCUT2D eigenvalue weighted by molar-refractivity contribution is 0.103. The second-order valence-corrected chi connectivity index (χ2v) is 4.89. The van der Waals surface area contributed by atoms with Gasteiger partial charge in [-0.05, 0) is 24.0 Å². The van der Waals surface area contributed by atoms with Crippen LogP contribution in [0.2, 0.25) is 0 Å². The quantitative estimate of drug-likeness (QED) is 0.726. The number of hydrogen-bond donors (Lipinski definition) is 0. The number of hydrogen-bond acceptors (Lipinski definition) is 1. The lowest BCUT2D eigenvalue weighted by Crippen LogP contribution is -2.07. The van der Waals surface area contributed by atoms with E-state index in [1.807, 2.05) is 55.5 Å². The first-order valence-electron chi connectivity index (χ1n) is 6.30. The van der Waals surface area contributed by atoms with Gasteiger partial charge in [-0.1, -0.05) is 62.4 Å². The van der Waals surface area contributed by atoms with Gasteiger partial charge in [0.25, 0.3) is 0 Å². The van der Waals surface area contributed by atoms with Crippen molar-refractivity contribution in [3.05, 3.63) is 70.8 Å². The van der Waals surface area contributed by atoms with E-state index in [0.717, 1.165) is 22.3 Å². The molecule has 92 valence electrons. The molecule has 1 nitrogen and oxygen atoms in total. The molecule has 0 saturated carbocycles. The largest absolute Gasteiger partial charge is 0.289 e. The lowest BCUT2D eigenvalue weighted by Gasteiger charge is -2.12. The van der Waals surface area contributed by atoms with Crippen molar-refractivity contribution in [1.82, 2.24) is 0 Å². The van der Waals surface area contributed by atoms with E-state index >= 15 is 0 Å². The molecule has 0 aromatic heterocycles. The molecule has 0 amide bonds. The molecule has 0 aliphatic carbocycles. The van der Waals surface area contributed by atoms with Crippen LogP contribution in [0.3, 0.4) is 0 Å². The van der Waals surface area contributed by atoms with Crippen molar-refractivity contribution in [3.63, 3.8) is 0 Å². The second kappa shape index (κ2) is 5.18. The van der Waals surface area contributed by atoms with E-state index in [1.165, 1.54) is 0 Å². The number of benzene rings is 2. The molecule has 0 N–H and O–H groups in total. The molecule has 0 unspecified atom stereocenters. The fraction of sp³-hybridized carbons (Fsp3) is 0.235. The van der Waals surface area contributed by atoms with Crippen molar-refractivity contribution in [2.75, 3.05) is 0 Å². The van der Waals surface area contributed by atoms with E-state index in [0.29, 0.717) is 5.92 Å². The number of carbonyl (C=O) groups is 1. The minimum Gasteiger partial charge on any atom is -0.289 e. The van der Waals surface area contributed by atoms with E-state index < -0.39 is 0 Å². The van der Waals surface area contributed by atoms with Crippen LogP contribution in [-0.4, -0.2) is 5.78 Å². The van der Waals surface area contributed by atoms with Crippen LogP contribution in [0.1, 0.15) is 46.8 Å². The van der Waals surface area contributed by atoms with Crippen molar-refractivity contribution in [2.24, 2.45) is 0 Å². The summed E-state index contributed by atoms with van der Waals surface area (Å²) in [6, 6.07) is 15.6. The van der Waals surface area contributed by atoms with Gasteiger partial charge in [0.1, 0.15) is 0 Å². The summed E-state index contributed by atoms with van der Waals surface area (Å²) in [6.07, 6.45) is 0. The van der Waals surface area contributed by atoms with Crippen LogP contribution in [0.4, 0.5) is 0 Å². The molecule has 0 aliphatic rings. The van der Waals surface area contributed by atoms with Gasteiger partial charge in [0.15, 0.2) is 5.78 Å². The molecule has 0 saturated heterocycles. The summed E-state index contributed by atoms with van der Waals surface area (Å²) in [6.45, 7) is 6.21. The van der Waals surface area contributed by atoms with Crippen molar-refractivity contribution in [2.45, 2.75) is 26.7 Å². The van der Waals surface area contributed by atoms with E-state index in [2.05, 4.69) is 13.8 Å². The molecule has 0 heterocycles. The summed E-state index contributed by atoms with van der Waals surface area (Å²) in [7, 11) is 0. The molecule has 0 atom stereocenters. The zero-order valence-electron chi connectivity index (χ0n) is 11.1. The number of rotatable bonds is 3. The van der Waals surface area contributed by atoms with Crippen LogP contribution in [0, 0.1) is 6.92 Å². The maximum Gasteiger partial charge on any atom is 0.193 e. The maximum atomic E-state index is 12.6. The molecule has 0 bridgehead atoms. The van der Waals surface area contributed by atoms with Gasteiger partial charge in [-0.2, -0.15) is 0 Å². The number of ketones is 1. The third-order valence-electron chi connectivity index (χ3n) is 3.22. The molecular formula is C17H18O. The Hall–Kier alpha value is -1.89. The zero-order valence-corrected chi connectivity index (χ0v) is 11.1. The Morgan fingerprint density at radius 1 is 0.889 bits per heavy atom. The third kappa shape index (κ3) is 2.35. The smallest absolute Gasteiger partial charge is 0.193 e. The van der Waals surface area contributed by atoms with Gasteiger partial charge in [-0.15, -0.1) is 0 Å². The molecule has 1 heteroatoms. The standard InChI is InChI=1S/C17H18O/c1-12(2)14-9-6-7-11-16(14)17(18)15-10-5-4-8-13(15)3/h4-12H,1-3H3. The summed E-state index contributed by atoms with van der Waals surface area (Å²) < 4.78 is 0. The van der Waals surface area contributed by atoms with Gasteiger partial charge < -0.3 is 0 Å². The SMILES string of the molecule is Cc1ccccc1C(=O)c1ccccc1C(C)C. The molecular weight excluding hydrogens is 220 g/mol. The summed E-state index contributed by atoms with van der Waals surface area (Å²) in [4.78, 5) is 12.6. The van der Waals surface area contributed by atoms with Gasteiger partial charge in [0.05, 0.1) is 0 Å². The van der Waals surface area contributed by atoms with Crippen LogP contribution >= 0.6 is 0 Å². The normalized spacial score (nSPS) is 10.7. The van der Waals surface area contributed by atoms with E-state index in [9.17, 15) is 4.79 Å². The Kier molecular flexibility index (Phi) is 3.61. The number of aryl methyl sites for hydroxylation is 1. The van der Waals surface area contributed by atoms with Crippen LogP contribution in [-0.2, 0) is 0 Å². The van der Waals surface area contributed by atoms with Crippen LogP contribution in [0.5, 0.6) is 0 Å². The van der Waals surface area contributed by atoms with Crippen molar-refractivity contribution in [3.8, 4) is 0 Å². The summed E-state index contributed by atoms with van der Waals surface area (Å²) in [5, 5.41) is 0. The van der Waals surface area contributed by atoms with E-state index in [4.69, 9.17) is 0 Å². The Morgan fingerprint density at radius 2 is 1.44 bits per heavy atom. The Balaban J connectivity index is 2.50. The minimum absolute atomic E-state index is 0.123. The Labute approximate surface area is 108 Å². The highest BCUT2D eigenvalue weighted by Gasteiger charge is 2.16. The van der Waals surface area contributed by atoms with Gasteiger partial charge >= 0.3 is 0 Å². The van der Waals surface area contributed by atoms with E-state index in [1.54, 1.807) is 0 Å². The second-order valence-electron chi connectivity index (χ2n) is 4.89. The van der Waals surface area contributed by atoms with Gasteiger partial charge in [-0.3, -0.25) is 4.79 Å². The predicted molar refractivity (Wildman–Crippen MR) is 75.1 cm³/mol. The first-order valence-corrected chi connectivity index (χ1v) is 6.30. The average molecular weight is 238 g/mol. The first-order chi connectivity index (χ1) is 8.61. The molecule has 2 rings (SSSR count). The predicted octanol–water partition coefficient (Wildman–Crippen LogP) is 4.35. The third-order valence-corrected chi connectivity index (χ3v) is 3.22. The van der Waals surface area contributed by atoms with Gasteiger partial charge in [-0.25, -0.2) is 0 Å². The fourth-order valence-electron chi connectivity index (χ4n) is 2.18. The van der Waals surface area contributed by atoms with Crippen molar-refractivity contribution < 1.29 is 4.79 Å². The van der Waals surface area contributed by atoms with E-state index in [-0.39, 0.29) is 5.78 Å². The summed E-state index contributed by atoms with van der Waals surface area (Å²) in [5.74, 6) is 0.478. The Morgan fingerprint density at radius 3 is 2.06 bits per heavy atom. The van der Waals surface area contributed by atoms with Crippen LogP contribution in [0.15, 0.2) is 48.5 Å². The average Bonchev–Trinajstić information content (AvgIpc) is 2.38.